The zero-order chi connectivity index (χ0) is 19.7. The third-order valence-electron chi connectivity index (χ3n) is 6.30. The molecule has 2 aliphatic rings. The highest BCUT2D eigenvalue weighted by Crippen LogP contribution is 2.42. The van der Waals surface area contributed by atoms with Crippen LogP contribution in [0.15, 0.2) is 18.7 Å². The summed E-state index contributed by atoms with van der Waals surface area (Å²) in [6.07, 6.45) is 5.85. The lowest BCUT2D eigenvalue weighted by atomic mass is 9.80. The van der Waals surface area contributed by atoms with Gasteiger partial charge in [-0.25, -0.2) is 4.98 Å². The Kier molecular flexibility index (Phi) is 5.25. The third-order valence-corrected chi connectivity index (χ3v) is 6.30. The van der Waals surface area contributed by atoms with E-state index in [1.165, 1.54) is 5.56 Å². The van der Waals surface area contributed by atoms with Crippen LogP contribution in [0.4, 0.5) is 0 Å². The van der Waals surface area contributed by atoms with Gasteiger partial charge in [0.25, 0.3) is 0 Å². The quantitative estimate of drug-likeness (QED) is 0.768. The number of carbonyl (C=O) groups excluding carboxylic acids is 1. The number of imidazole rings is 1. The van der Waals surface area contributed by atoms with Crippen LogP contribution >= 0.6 is 0 Å². The molecular weight excluding hydrogens is 356 g/mol. The summed E-state index contributed by atoms with van der Waals surface area (Å²) in [5.41, 5.74) is 2.95. The lowest BCUT2D eigenvalue weighted by Gasteiger charge is -2.26. The molecule has 0 aliphatic carbocycles. The minimum atomic E-state index is -0.430. The lowest BCUT2D eigenvalue weighted by Crippen LogP contribution is -2.47. The first-order valence-electron chi connectivity index (χ1n) is 10.1. The number of ether oxygens (including phenoxy) is 1. The van der Waals surface area contributed by atoms with Crippen LogP contribution in [0.1, 0.15) is 23.9 Å². The van der Waals surface area contributed by atoms with Crippen molar-refractivity contribution in [3.63, 3.8) is 0 Å². The summed E-state index contributed by atoms with van der Waals surface area (Å²) in [5.74, 6) is 0.377. The van der Waals surface area contributed by atoms with Gasteiger partial charge in [0, 0.05) is 62.6 Å². The number of rotatable bonds is 7. The Bertz CT molecular complexity index is 844. The summed E-state index contributed by atoms with van der Waals surface area (Å²) in [6.45, 7) is 12.0. The molecule has 2 aliphatic heterocycles. The van der Waals surface area contributed by atoms with Gasteiger partial charge in [-0.1, -0.05) is 0 Å². The molecule has 2 atom stereocenters. The van der Waals surface area contributed by atoms with Gasteiger partial charge in [-0.15, -0.1) is 0 Å². The molecule has 4 heterocycles. The fraction of sp³-hybridized carbons (Fsp3) is 0.650. The van der Waals surface area contributed by atoms with E-state index in [9.17, 15) is 4.79 Å². The Balaban J connectivity index is 1.36. The number of nitrogens with one attached hydrogen (secondary N) is 1. The van der Waals surface area contributed by atoms with Gasteiger partial charge in [0.2, 0.25) is 5.91 Å². The van der Waals surface area contributed by atoms with E-state index in [0.29, 0.717) is 19.8 Å². The Hall–Kier alpha value is -2.19. The predicted octanol–water partition coefficient (Wildman–Crippen LogP) is 0.981. The molecule has 0 saturated carbocycles. The van der Waals surface area contributed by atoms with Crippen LogP contribution in [-0.2, 0) is 29.2 Å². The molecule has 0 radical (unpaired) electrons. The summed E-state index contributed by atoms with van der Waals surface area (Å²) in [7, 11) is 0. The monoisotopic (exact) mass is 386 g/mol. The Morgan fingerprint density at radius 2 is 2.29 bits per heavy atom. The molecule has 0 aromatic carbocycles. The molecular formula is C20H30N6O2. The highest BCUT2D eigenvalue weighted by atomic mass is 16.5. The second-order valence-electron chi connectivity index (χ2n) is 8.11. The highest BCUT2D eigenvalue weighted by Gasteiger charge is 2.55. The topological polar surface area (TPSA) is 77.2 Å². The highest BCUT2D eigenvalue weighted by molar-refractivity contribution is 5.84. The summed E-state index contributed by atoms with van der Waals surface area (Å²) in [6, 6.07) is 0. The second-order valence-corrected chi connectivity index (χ2v) is 8.11. The molecule has 2 aromatic heterocycles. The lowest BCUT2D eigenvalue weighted by molar-refractivity contribution is -0.131. The van der Waals surface area contributed by atoms with Crippen molar-refractivity contribution >= 4 is 5.91 Å². The first-order valence-corrected chi connectivity index (χ1v) is 10.1. The van der Waals surface area contributed by atoms with Crippen LogP contribution < -0.4 is 5.32 Å². The number of carbonyl (C=O) groups is 1. The first kappa shape index (κ1) is 19.1. The number of amides is 1. The number of aryl methyl sites for hydroxylation is 2. The molecule has 2 saturated heterocycles. The fourth-order valence-electron chi connectivity index (χ4n) is 4.44. The van der Waals surface area contributed by atoms with Crippen molar-refractivity contribution in [3.05, 3.63) is 35.7 Å². The summed E-state index contributed by atoms with van der Waals surface area (Å²) < 4.78 is 9.75. The molecule has 0 unspecified atom stereocenters. The van der Waals surface area contributed by atoms with Gasteiger partial charge in [-0.2, -0.15) is 5.10 Å². The van der Waals surface area contributed by atoms with Crippen LogP contribution in [0.5, 0.6) is 0 Å². The normalized spacial score (nSPS) is 24.6. The summed E-state index contributed by atoms with van der Waals surface area (Å²) >= 11 is 0. The third kappa shape index (κ3) is 3.46. The van der Waals surface area contributed by atoms with Crippen molar-refractivity contribution in [1.29, 1.82) is 0 Å². The van der Waals surface area contributed by atoms with Crippen molar-refractivity contribution in [2.75, 3.05) is 32.8 Å². The molecule has 4 rings (SSSR count). The van der Waals surface area contributed by atoms with Crippen molar-refractivity contribution < 1.29 is 9.53 Å². The van der Waals surface area contributed by atoms with E-state index in [-0.39, 0.29) is 11.8 Å². The van der Waals surface area contributed by atoms with Crippen molar-refractivity contribution in [1.82, 2.24) is 29.5 Å². The van der Waals surface area contributed by atoms with E-state index in [1.807, 2.05) is 24.1 Å². The molecule has 152 valence electrons. The van der Waals surface area contributed by atoms with Gasteiger partial charge in [0.05, 0.1) is 36.8 Å². The molecule has 2 fully saturated rings. The second kappa shape index (κ2) is 7.67. The largest absolute Gasteiger partial charge is 0.380 e. The van der Waals surface area contributed by atoms with Gasteiger partial charge >= 0.3 is 0 Å². The van der Waals surface area contributed by atoms with E-state index >= 15 is 0 Å². The summed E-state index contributed by atoms with van der Waals surface area (Å²) in [5, 5.41) is 7.52. The first-order chi connectivity index (χ1) is 13.5. The minimum absolute atomic E-state index is 0.122. The van der Waals surface area contributed by atoms with E-state index in [0.717, 1.165) is 44.1 Å². The van der Waals surface area contributed by atoms with Crippen LogP contribution in [0.3, 0.4) is 0 Å². The van der Waals surface area contributed by atoms with Gasteiger partial charge < -0.3 is 14.6 Å². The van der Waals surface area contributed by atoms with E-state index in [4.69, 9.17) is 4.74 Å². The van der Waals surface area contributed by atoms with Crippen LogP contribution in [0.2, 0.25) is 0 Å². The maximum Gasteiger partial charge on any atom is 0.230 e. The van der Waals surface area contributed by atoms with Crippen LogP contribution in [0, 0.1) is 25.2 Å². The molecule has 8 nitrogen and oxygen atoms in total. The van der Waals surface area contributed by atoms with E-state index in [1.54, 1.807) is 0 Å². The van der Waals surface area contributed by atoms with Gasteiger partial charge in [-0.3, -0.25) is 14.4 Å². The maximum absolute atomic E-state index is 13.1. The Morgan fingerprint density at radius 3 is 3.00 bits per heavy atom. The zero-order valence-corrected chi connectivity index (χ0v) is 17.0. The van der Waals surface area contributed by atoms with Gasteiger partial charge in [0.1, 0.15) is 0 Å². The molecule has 2 aromatic rings. The van der Waals surface area contributed by atoms with Crippen LogP contribution in [-0.4, -0.2) is 63.0 Å². The molecule has 0 bridgehead atoms. The number of likely N-dealkylation sites (tertiary alicyclic amines) is 1. The Morgan fingerprint density at radius 1 is 1.43 bits per heavy atom. The number of hydrogen-bond donors (Lipinski definition) is 1. The van der Waals surface area contributed by atoms with Crippen LogP contribution in [0.25, 0.3) is 0 Å². The van der Waals surface area contributed by atoms with Crippen molar-refractivity contribution in [3.8, 4) is 0 Å². The minimum Gasteiger partial charge on any atom is -0.380 e. The van der Waals surface area contributed by atoms with Crippen molar-refractivity contribution in [2.45, 2.75) is 40.4 Å². The fourth-order valence-corrected chi connectivity index (χ4v) is 4.44. The average molecular weight is 387 g/mol. The van der Waals surface area contributed by atoms with E-state index < -0.39 is 5.41 Å². The van der Waals surface area contributed by atoms with E-state index in [2.05, 4.69) is 44.9 Å². The average Bonchev–Trinajstić information content (AvgIpc) is 3.42. The standard InChI is InChI=1S/C20H30N6O2/c1-4-26-9-17(7-23-26)8-24-10-18-11-28-13-20(18,12-24)19(27)21-5-6-25-14-22-15(2)16(25)3/h7,9,14,18H,4-6,8,10-13H2,1-3H3,(H,21,27)/t18-,20-/m1/s1. The Labute approximate surface area is 165 Å². The molecule has 1 amide bonds. The number of fused-ring (bicyclic) bond motifs is 1. The number of hydrogen-bond acceptors (Lipinski definition) is 5. The molecule has 1 N–H and O–H groups in total. The van der Waals surface area contributed by atoms with Crippen molar-refractivity contribution in [2.24, 2.45) is 11.3 Å². The number of aromatic nitrogens is 4. The van der Waals surface area contributed by atoms with Gasteiger partial charge in [-0.05, 0) is 20.8 Å². The SMILES string of the molecule is CCn1cc(CN2C[C@@H]3COC[C@]3(C(=O)NCCn3cnc(C)c3C)C2)cn1. The number of nitrogens with zero attached hydrogens (tertiary/aromatic N) is 5. The predicted molar refractivity (Wildman–Crippen MR) is 105 cm³/mol. The van der Waals surface area contributed by atoms with Gasteiger partial charge in [0.15, 0.2) is 0 Å². The maximum atomic E-state index is 13.1. The summed E-state index contributed by atoms with van der Waals surface area (Å²) in [4.78, 5) is 19.8. The smallest absolute Gasteiger partial charge is 0.230 e. The molecule has 8 heteroatoms. The molecule has 28 heavy (non-hydrogen) atoms. The zero-order valence-electron chi connectivity index (χ0n) is 17.0. The molecule has 0 spiro atoms.